The Morgan fingerprint density at radius 2 is 2.08 bits per heavy atom. The van der Waals surface area contributed by atoms with E-state index in [9.17, 15) is 0 Å². The fourth-order valence-corrected chi connectivity index (χ4v) is 5.10. The van der Waals surface area contributed by atoms with Gasteiger partial charge in [-0.2, -0.15) is 0 Å². The quantitative estimate of drug-likeness (QED) is 0.901. The molecule has 3 heterocycles. The highest BCUT2D eigenvalue weighted by molar-refractivity contribution is 7.15. The lowest BCUT2D eigenvalue weighted by Gasteiger charge is -2.44. The second-order valence-electron chi connectivity index (χ2n) is 6.53. The van der Waals surface area contributed by atoms with E-state index in [2.05, 4.69) is 22.0 Å². The summed E-state index contributed by atoms with van der Waals surface area (Å²) in [7, 11) is 3.35. The highest BCUT2D eigenvalue weighted by atomic mass is 32.1. The summed E-state index contributed by atoms with van der Waals surface area (Å²) in [6.07, 6.45) is 3.48. The van der Waals surface area contributed by atoms with Crippen LogP contribution in [0.2, 0.25) is 0 Å². The predicted octanol–water partition coefficient (Wildman–Crippen LogP) is 3.22. The zero-order valence-electron chi connectivity index (χ0n) is 14.1. The van der Waals surface area contributed by atoms with Crippen LogP contribution in [0.3, 0.4) is 0 Å². The molecule has 2 atom stereocenters. The van der Waals surface area contributed by atoms with E-state index in [1.807, 2.05) is 6.07 Å². The molecule has 0 amide bonds. The molecule has 3 aliphatic rings. The number of hydrogen-bond acceptors (Lipinski definition) is 6. The van der Waals surface area contributed by atoms with Crippen LogP contribution in [0.1, 0.15) is 40.9 Å². The molecule has 1 aromatic heterocycles. The number of fused-ring (bicyclic) bond motifs is 2. The Labute approximate surface area is 146 Å². The van der Waals surface area contributed by atoms with Crippen molar-refractivity contribution < 1.29 is 9.47 Å². The lowest BCUT2D eigenvalue weighted by molar-refractivity contribution is 0.116. The van der Waals surface area contributed by atoms with Crippen molar-refractivity contribution in [2.75, 3.05) is 33.0 Å². The number of hydrogen-bond donors (Lipinski definition) is 1. The van der Waals surface area contributed by atoms with Crippen LogP contribution in [0.4, 0.5) is 5.13 Å². The maximum Gasteiger partial charge on any atom is 0.180 e. The van der Waals surface area contributed by atoms with Crippen molar-refractivity contribution >= 4 is 16.5 Å². The topological polar surface area (TPSA) is 60.6 Å². The lowest BCUT2D eigenvalue weighted by Crippen LogP contribution is -2.42. The number of ether oxygens (including phenoxy) is 2. The molecular weight excluding hydrogens is 322 g/mol. The van der Waals surface area contributed by atoms with Crippen LogP contribution < -0.4 is 15.2 Å². The largest absolute Gasteiger partial charge is 0.493 e. The third-order valence-electron chi connectivity index (χ3n) is 5.21. The Hall–Kier alpha value is -1.79. The molecule has 5 rings (SSSR count). The van der Waals surface area contributed by atoms with Crippen molar-refractivity contribution in [2.24, 2.45) is 0 Å². The zero-order chi connectivity index (χ0) is 16.7. The molecule has 1 fully saturated rings. The molecule has 2 N–H and O–H groups in total. The lowest BCUT2D eigenvalue weighted by atomic mass is 9.81. The summed E-state index contributed by atoms with van der Waals surface area (Å²) >= 11 is 1.68. The first kappa shape index (κ1) is 15.7. The van der Waals surface area contributed by atoms with E-state index in [1.54, 1.807) is 25.6 Å². The first-order valence-electron chi connectivity index (χ1n) is 8.40. The van der Waals surface area contributed by atoms with Crippen LogP contribution >= 0.6 is 11.3 Å². The third kappa shape index (κ3) is 2.63. The highest BCUT2D eigenvalue weighted by Gasteiger charge is 2.40. The van der Waals surface area contributed by atoms with E-state index in [-0.39, 0.29) is 0 Å². The number of nitrogen functional groups attached to an aromatic ring is 1. The Balaban J connectivity index is 1.48. The summed E-state index contributed by atoms with van der Waals surface area (Å²) in [4.78, 5) is 8.57. The molecule has 6 heteroatoms. The van der Waals surface area contributed by atoms with Gasteiger partial charge >= 0.3 is 0 Å². The van der Waals surface area contributed by atoms with Gasteiger partial charge in [0.25, 0.3) is 0 Å². The average Bonchev–Trinajstić information content (AvgIpc) is 3.03. The molecule has 2 aliphatic heterocycles. The number of nitrogens with two attached hydrogens (primary N) is 1. The summed E-state index contributed by atoms with van der Waals surface area (Å²) in [5.41, 5.74) is 8.49. The van der Waals surface area contributed by atoms with Crippen molar-refractivity contribution in [1.29, 1.82) is 0 Å². The molecule has 1 aliphatic carbocycles. The number of anilines is 1. The molecule has 0 spiro atoms. The van der Waals surface area contributed by atoms with E-state index in [1.165, 1.54) is 29.0 Å². The van der Waals surface area contributed by atoms with E-state index in [0.717, 1.165) is 36.1 Å². The van der Waals surface area contributed by atoms with Crippen LogP contribution in [0.25, 0.3) is 0 Å². The van der Waals surface area contributed by atoms with Gasteiger partial charge in [0, 0.05) is 29.9 Å². The van der Waals surface area contributed by atoms with Gasteiger partial charge in [-0.15, -0.1) is 11.3 Å². The fourth-order valence-electron chi connectivity index (χ4n) is 4.01. The van der Waals surface area contributed by atoms with Gasteiger partial charge in [-0.3, -0.25) is 4.90 Å². The summed E-state index contributed by atoms with van der Waals surface area (Å²) in [6, 6.07) is 6.69. The minimum atomic E-state index is 0.500. The second-order valence-corrected chi connectivity index (χ2v) is 7.59. The van der Waals surface area contributed by atoms with Gasteiger partial charge < -0.3 is 15.2 Å². The molecule has 128 valence electrons. The number of nitrogens with zero attached hydrogens (tertiary/aromatic N) is 2. The Morgan fingerprint density at radius 1 is 1.25 bits per heavy atom. The van der Waals surface area contributed by atoms with Gasteiger partial charge in [0.1, 0.15) is 0 Å². The van der Waals surface area contributed by atoms with Crippen molar-refractivity contribution in [3.63, 3.8) is 0 Å². The zero-order valence-corrected chi connectivity index (χ0v) is 14.9. The average molecular weight is 345 g/mol. The summed E-state index contributed by atoms with van der Waals surface area (Å²) in [6.45, 7) is 2.15. The summed E-state index contributed by atoms with van der Waals surface area (Å²) in [5, 5.41) is 0.721. The first-order valence-corrected chi connectivity index (χ1v) is 9.22. The van der Waals surface area contributed by atoms with Gasteiger partial charge in [-0.25, -0.2) is 4.98 Å². The van der Waals surface area contributed by atoms with E-state index < -0.39 is 0 Å². The standard InChI is InChI=1S/C18H23N3O2S/c1-22-14-6-3-11(9-15(14)23-2)7-8-21-10-12-4-5-13(21)17-16(12)20-18(19)24-17/h3,6,9,12-13H,4-5,7-8,10H2,1-2H3,(H2,19,20). The van der Waals surface area contributed by atoms with Crippen molar-refractivity contribution in [3.05, 3.63) is 34.3 Å². The molecule has 0 saturated carbocycles. The van der Waals surface area contributed by atoms with E-state index in [4.69, 9.17) is 15.2 Å². The van der Waals surface area contributed by atoms with Crippen LogP contribution in [-0.4, -0.2) is 37.2 Å². The van der Waals surface area contributed by atoms with Gasteiger partial charge in [-0.1, -0.05) is 6.07 Å². The Morgan fingerprint density at radius 3 is 2.88 bits per heavy atom. The number of aromatic nitrogens is 1. The molecule has 1 aromatic carbocycles. The SMILES string of the molecule is COc1ccc(CCN2CC3CCC2c2sc(N)nc23)cc1OC. The molecule has 24 heavy (non-hydrogen) atoms. The number of rotatable bonds is 5. The summed E-state index contributed by atoms with van der Waals surface area (Å²) < 4.78 is 10.7. The van der Waals surface area contributed by atoms with Crippen molar-refractivity contribution in [1.82, 2.24) is 9.88 Å². The van der Waals surface area contributed by atoms with Crippen LogP contribution in [0.15, 0.2) is 18.2 Å². The monoisotopic (exact) mass is 345 g/mol. The number of benzene rings is 1. The highest BCUT2D eigenvalue weighted by Crippen LogP contribution is 2.49. The molecular formula is C18H23N3O2S. The van der Waals surface area contributed by atoms with Gasteiger partial charge in [0.05, 0.1) is 19.9 Å². The first-order chi connectivity index (χ1) is 11.7. The molecule has 1 saturated heterocycles. The number of thiazole rings is 1. The molecule has 2 aromatic rings. The van der Waals surface area contributed by atoms with Crippen LogP contribution in [0.5, 0.6) is 11.5 Å². The second kappa shape index (κ2) is 6.26. The van der Waals surface area contributed by atoms with Crippen LogP contribution in [-0.2, 0) is 6.42 Å². The minimum Gasteiger partial charge on any atom is -0.493 e. The maximum absolute atomic E-state index is 5.94. The van der Waals surface area contributed by atoms with Crippen LogP contribution in [0, 0.1) is 0 Å². The smallest absolute Gasteiger partial charge is 0.180 e. The Bertz CT molecular complexity index is 746. The van der Waals surface area contributed by atoms with E-state index in [0.29, 0.717) is 12.0 Å². The molecule has 5 nitrogen and oxygen atoms in total. The van der Waals surface area contributed by atoms with E-state index >= 15 is 0 Å². The number of methoxy groups -OCH3 is 2. The summed E-state index contributed by atoms with van der Waals surface area (Å²) in [5.74, 6) is 2.14. The van der Waals surface area contributed by atoms with Gasteiger partial charge in [-0.05, 0) is 37.0 Å². The van der Waals surface area contributed by atoms with Crippen molar-refractivity contribution in [3.8, 4) is 11.5 Å². The molecule has 0 radical (unpaired) electrons. The fraction of sp³-hybridized carbons (Fsp3) is 0.500. The van der Waals surface area contributed by atoms with Gasteiger partial charge in [0.2, 0.25) is 0 Å². The number of piperidine rings is 1. The minimum absolute atomic E-state index is 0.500. The molecule has 2 unspecified atom stereocenters. The van der Waals surface area contributed by atoms with Crippen molar-refractivity contribution in [2.45, 2.75) is 31.2 Å². The molecule has 2 bridgehead atoms. The maximum atomic E-state index is 5.94. The predicted molar refractivity (Wildman–Crippen MR) is 96.1 cm³/mol. The normalized spacial score (nSPS) is 22.4. The Kier molecular flexibility index (Phi) is 4.10. The van der Waals surface area contributed by atoms with Gasteiger partial charge in [0.15, 0.2) is 16.6 Å². The third-order valence-corrected chi connectivity index (χ3v) is 6.21.